The van der Waals surface area contributed by atoms with Crippen LogP contribution in [0.5, 0.6) is 0 Å². The number of ketones is 1. The number of aromatic nitrogens is 1. The minimum Gasteiger partial charge on any atom is -0.360 e. The van der Waals surface area contributed by atoms with Crippen molar-refractivity contribution >= 4 is 28.9 Å². The van der Waals surface area contributed by atoms with Crippen molar-refractivity contribution in [2.24, 2.45) is 11.8 Å². The van der Waals surface area contributed by atoms with Crippen LogP contribution in [0.3, 0.4) is 0 Å². The fraction of sp³-hybridized carbons (Fsp3) is 0.652. The summed E-state index contributed by atoms with van der Waals surface area (Å²) in [6.45, 7) is 9.30. The number of fused-ring (bicyclic) bond motifs is 1. The van der Waals surface area contributed by atoms with E-state index in [0.717, 1.165) is 28.4 Å². The number of rotatable bonds is 4. The predicted octanol–water partition coefficient (Wildman–Crippen LogP) is 2.55. The van der Waals surface area contributed by atoms with E-state index in [-0.39, 0.29) is 35.7 Å². The summed E-state index contributed by atoms with van der Waals surface area (Å²) in [4.78, 5) is 47.6. The van der Waals surface area contributed by atoms with E-state index >= 15 is 0 Å². The second-order valence-corrected chi connectivity index (χ2v) is 10.6. The summed E-state index contributed by atoms with van der Waals surface area (Å²) in [7, 11) is 0. The van der Waals surface area contributed by atoms with Gasteiger partial charge >= 0.3 is 0 Å². The number of carbonyl (C=O) groups is 3. The van der Waals surface area contributed by atoms with Gasteiger partial charge in [-0.05, 0) is 33.6 Å². The Morgan fingerprint density at radius 3 is 2.61 bits per heavy atom. The molecule has 4 aliphatic heterocycles. The number of aryl methyl sites for hydroxylation is 1. The van der Waals surface area contributed by atoms with Crippen LogP contribution < -0.4 is 0 Å². The van der Waals surface area contributed by atoms with Crippen LogP contribution in [0.4, 0.5) is 0 Å². The number of carbonyl (C=O) groups excluding carboxylic acids is 3. The Morgan fingerprint density at radius 2 is 2.00 bits per heavy atom. The highest BCUT2D eigenvalue weighted by Gasteiger charge is 2.67. The molecule has 0 aromatic carbocycles. The Morgan fingerprint density at radius 1 is 1.29 bits per heavy atom. The third-order valence-electron chi connectivity index (χ3n) is 7.33. The van der Waals surface area contributed by atoms with Gasteiger partial charge in [0.2, 0.25) is 11.8 Å². The monoisotopic (exact) mass is 443 g/mol. The van der Waals surface area contributed by atoms with Crippen molar-refractivity contribution in [3.8, 4) is 0 Å². The first-order chi connectivity index (χ1) is 14.7. The lowest BCUT2D eigenvalue weighted by Gasteiger charge is -2.35. The van der Waals surface area contributed by atoms with Crippen molar-refractivity contribution in [2.45, 2.75) is 64.2 Å². The highest BCUT2D eigenvalue weighted by Crippen LogP contribution is 2.53. The van der Waals surface area contributed by atoms with E-state index in [1.54, 1.807) is 6.92 Å². The van der Waals surface area contributed by atoms with E-state index in [9.17, 15) is 14.4 Å². The summed E-state index contributed by atoms with van der Waals surface area (Å²) in [6, 6.07) is 0.0941. The minimum atomic E-state index is -0.633. The molecule has 0 aliphatic carbocycles. The average Bonchev–Trinajstić information content (AvgIpc) is 3.47. The lowest BCUT2D eigenvalue weighted by atomic mass is 9.76. The first-order valence-electron chi connectivity index (χ1n) is 11.2. The van der Waals surface area contributed by atoms with Gasteiger partial charge in [0.15, 0.2) is 5.78 Å². The van der Waals surface area contributed by atoms with E-state index in [1.807, 2.05) is 42.7 Å². The van der Waals surface area contributed by atoms with Crippen molar-refractivity contribution < 1.29 is 19.1 Å². The van der Waals surface area contributed by atoms with Gasteiger partial charge in [0.1, 0.15) is 5.60 Å². The molecule has 5 rings (SSSR count). The maximum Gasteiger partial charge on any atom is 0.230 e. The van der Waals surface area contributed by atoms with Crippen molar-refractivity contribution in [2.75, 3.05) is 19.6 Å². The topological polar surface area (TPSA) is 79.8 Å². The van der Waals surface area contributed by atoms with Crippen LogP contribution in [0.2, 0.25) is 0 Å². The van der Waals surface area contributed by atoms with E-state index in [4.69, 9.17) is 4.74 Å². The fourth-order valence-electron chi connectivity index (χ4n) is 5.72. The minimum absolute atomic E-state index is 0.0402. The van der Waals surface area contributed by atoms with Gasteiger partial charge in [-0.1, -0.05) is 12.2 Å². The smallest absolute Gasteiger partial charge is 0.230 e. The molecule has 4 aliphatic rings. The summed E-state index contributed by atoms with van der Waals surface area (Å²) in [5, 5.41) is 0.999. The molecule has 8 heteroatoms. The highest BCUT2D eigenvalue weighted by molar-refractivity contribution is 7.13. The van der Waals surface area contributed by atoms with Crippen LogP contribution in [0.15, 0.2) is 12.2 Å². The maximum absolute atomic E-state index is 13.5. The molecule has 3 saturated heterocycles. The second kappa shape index (κ2) is 7.24. The van der Waals surface area contributed by atoms with Gasteiger partial charge in [0.25, 0.3) is 0 Å². The van der Waals surface area contributed by atoms with E-state index < -0.39 is 17.4 Å². The zero-order valence-corrected chi connectivity index (χ0v) is 19.3. The van der Waals surface area contributed by atoms with Gasteiger partial charge in [0.05, 0.1) is 40.1 Å². The number of nitrogens with zero attached hydrogens (tertiary/aromatic N) is 3. The van der Waals surface area contributed by atoms with Crippen LogP contribution in [0, 0.1) is 18.8 Å². The molecule has 1 aromatic rings. The predicted molar refractivity (Wildman–Crippen MR) is 116 cm³/mol. The summed E-state index contributed by atoms with van der Waals surface area (Å²) >= 11 is 1.49. The van der Waals surface area contributed by atoms with Gasteiger partial charge in [-0.25, -0.2) is 4.98 Å². The summed E-state index contributed by atoms with van der Waals surface area (Å²) in [5.41, 5.74) is 0.170. The number of amides is 2. The SMILES string of the molecule is CC(=O)c1sc(C2CCN(C(=O)[C@@H]3[C@@H]4C=C[C@]5(CN(C(C)C)C(=O)[C@H]35)O4)CC2)nc1C. The first kappa shape index (κ1) is 20.8. The van der Waals surface area contributed by atoms with Crippen LogP contribution >= 0.6 is 11.3 Å². The fourth-order valence-corrected chi connectivity index (χ4v) is 6.85. The molecule has 3 fully saturated rings. The molecule has 5 heterocycles. The van der Waals surface area contributed by atoms with Crippen LogP contribution in [0.25, 0.3) is 0 Å². The Labute approximate surface area is 186 Å². The number of likely N-dealkylation sites (tertiary alicyclic amines) is 2. The lowest BCUT2D eigenvalue weighted by molar-refractivity contribution is -0.144. The van der Waals surface area contributed by atoms with Crippen LogP contribution in [-0.4, -0.2) is 69.8 Å². The van der Waals surface area contributed by atoms with Gasteiger partial charge in [-0.3, -0.25) is 14.4 Å². The third kappa shape index (κ3) is 3.09. The van der Waals surface area contributed by atoms with Gasteiger partial charge in [-0.15, -0.1) is 11.3 Å². The van der Waals surface area contributed by atoms with E-state index in [1.165, 1.54) is 11.3 Å². The molecule has 1 spiro atoms. The molecule has 2 bridgehead atoms. The molecule has 0 radical (unpaired) electrons. The van der Waals surface area contributed by atoms with Crippen LogP contribution in [0.1, 0.15) is 59.9 Å². The molecular formula is C23H29N3O4S. The van der Waals surface area contributed by atoms with Gasteiger partial charge < -0.3 is 14.5 Å². The Balaban J connectivity index is 1.29. The van der Waals surface area contributed by atoms with Crippen molar-refractivity contribution in [1.82, 2.24) is 14.8 Å². The molecule has 0 saturated carbocycles. The second-order valence-electron chi connectivity index (χ2n) is 9.58. The molecule has 7 nitrogen and oxygen atoms in total. The van der Waals surface area contributed by atoms with Gasteiger partial charge in [-0.2, -0.15) is 0 Å². The van der Waals surface area contributed by atoms with Crippen LogP contribution in [-0.2, 0) is 14.3 Å². The maximum atomic E-state index is 13.5. The van der Waals surface area contributed by atoms with E-state index in [2.05, 4.69) is 4.98 Å². The number of piperidine rings is 1. The quantitative estimate of drug-likeness (QED) is 0.528. The standard InChI is InChI=1S/C23H29N3O4S/c1-12(2)26-11-23-8-5-16(30-23)17(18(23)22(26)29)21(28)25-9-6-15(7-10-25)20-24-13(3)19(31-20)14(4)27/h5,8,12,15-18H,6-7,9-11H2,1-4H3/t16-,17+,18-,23+/m0/s1. The zero-order chi connectivity index (χ0) is 22.1. The Hall–Kier alpha value is -2.06. The molecule has 0 N–H and O–H groups in total. The van der Waals surface area contributed by atoms with Crippen molar-refractivity contribution in [3.63, 3.8) is 0 Å². The van der Waals surface area contributed by atoms with E-state index in [0.29, 0.717) is 19.6 Å². The summed E-state index contributed by atoms with van der Waals surface area (Å²) in [5.74, 6) is -0.417. The number of Topliss-reactive ketones (excluding diaryl/α,β-unsaturated/α-hetero) is 1. The normalized spacial score (nSPS) is 32.4. The zero-order valence-electron chi connectivity index (χ0n) is 18.5. The molecule has 4 atom stereocenters. The number of hydrogen-bond donors (Lipinski definition) is 0. The van der Waals surface area contributed by atoms with Crippen molar-refractivity contribution in [3.05, 3.63) is 27.7 Å². The molecular weight excluding hydrogens is 414 g/mol. The summed E-state index contributed by atoms with van der Waals surface area (Å²) in [6.07, 6.45) is 5.34. The summed E-state index contributed by atoms with van der Waals surface area (Å²) < 4.78 is 6.23. The number of ether oxygens (including phenoxy) is 1. The third-order valence-corrected chi connectivity index (χ3v) is 8.75. The molecule has 0 unspecified atom stereocenters. The Bertz CT molecular complexity index is 977. The first-order valence-corrected chi connectivity index (χ1v) is 12.0. The Kier molecular flexibility index (Phi) is 4.86. The lowest BCUT2D eigenvalue weighted by Crippen LogP contribution is -2.48. The number of thiazole rings is 1. The molecule has 1 aromatic heterocycles. The van der Waals surface area contributed by atoms with Crippen molar-refractivity contribution in [1.29, 1.82) is 0 Å². The largest absolute Gasteiger partial charge is 0.360 e. The molecule has 31 heavy (non-hydrogen) atoms. The average molecular weight is 444 g/mol. The highest BCUT2D eigenvalue weighted by atomic mass is 32.1. The van der Waals surface area contributed by atoms with Gasteiger partial charge in [0, 0.05) is 32.0 Å². The number of hydrogen-bond acceptors (Lipinski definition) is 6. The molecule has 2 amide bonds. The molecule has 166 valence electrons.